The molecular formula is C7H9F2N3O. The smallest absolute Gasteiger partial charge is 0.322 e. The summed E-state index contributed by atoms with van der Waals surface area (Å²) in [5.74, 6) is -0.872. The zero-order valence-electron chi connectivity index (χ0n) is 6.83. The van der Waals surface area contributed by atoms with Gasteiger partial charge >= 0.3 is 12.2 Å². The lowest BCUT2D eigenvalue weighted by Crippen LogP contribution is -2.47. The molecule has 1 aliphatic heterocycles. The first kappa shape index (κ1) is 9.86. The molecule has 1 atom stereocenters. The molecule has 0 unspecified atom stereocenters. The molecule has 1 saturated heterocycles. The van der Waals surface area contributed by atoms with Gasteiger partial charge in [-0.25, -0.2) is 11.5 Å². The maximum Gasteiger partial charge on any atom is 0.333 e. The molecule has 1 heterocycles. The van der Waals surface area contributed by atoms with E-state index < -0.39 is 31.1 Å². The van der Waals surface area contributed by atoms with Crippen molar-refractivity contribution < 1.29 is 13.6 Å². The summed E-state index contributed by atoms with van der Waals surface area (Å²) in [5, 5.41) is 0. The molecule has 1 fully saturated rings. The molecule has 1 aliphatic rings. The van der Waals surface area contributed by atoms with Gasteiger partial charge in [-0.1, -0.05) is 0 Å². The number of hydrogen-bond acceptors (Lipinski definition) is 2. The normalized spacial score (nSPS) is 25.7. The SMILES string of the molecule is [C-]#[N+][C@@H]1CCC(F)(F)N1C(=O)CN. The van der Waals surface area contributed by atoms with E-state index in [-0.39, 0.29) is 6.42 Å². The standard InChI is InChI=1S/C7H9F2N3O/c1-11-5-2-3-7(8,9)12(5)6(13)4-10/h5H,2-4,10H2/t5-/m0/s1. The Bertz CT molecular complexity index is 261. The van der Waals surface area contributed by atoms with Gasteiger partial charge in [0.25, 0.3) is 0 Å². The summed E-state index contributed by atoms with van der Waals surface area (Å²) < 4.78 is 26.0. The Labute approximate surface area is 74.1 Å². The van der Waals surface area contributed by atoms with E-state index >= 15 is 0 Å². The lowest BCUT2D eigenvalue weighted by atomic mass is 10.3. The monoisotopic (exact) mass is 189 g/mol. The van der Waals surface area contributed by atoms with Crippen molar-refractivity contribution in [1.29, 1.82) is 0 Å². The summed E-state index contributed by atoms with van der Waals surface area (Å²) in [6.45, 7) is 6.15. The second kappa shape index (κ2) is 3.26. The predicted octanol–water partition coefficient (Wildman–Crippen LogP) is 0.406. The van der Waals surface area contributed by atoms with Gasteiger partial charge in [0, 0.05) is 6.42 Å². The minimum atomic E-state index is -3.20. The van der Waals surface area contributed by atoms with Gasteiger partial charge in [-0.15, -0.1) is 0 Å². The number of amides is 1. The van der Waals surface area contributed by atoms with Crippen molar-refractivity contribution >= 4 is 5.91 Å². The molecule has 1 rings (SSSR count). The molecule has 72 valence electrons. The van der Waals surface area contributed by atoms with Gasteiger partial charge in [-0.3, -0.25) is 9.64 Å². The van der Waals surface area contributed by atoms with E-state index in [1.807, 2.05) is 0 Å². The van der Waals surface area contributed by atoms with Crippen LogP contribution < -0.4 is 5.73 Å². The molecule has 0 aromatic heterocycles. The van der Waals surface area contributed by atoms with Crippen LogP contribution in [0.5, 0.6) is 0 Å². The quantitative estimate of drug-likeness (QED) is 0.479. The molecule has 0 aliphatic carbocycles. The molecule has 0 spiro atoms. The molecule has 4 nitrogen and oxygen atoms in total. The van der Waals surface area contributed by atoms with Crippen LogP contribution >= 0.6 is 0 Å². The molecule has 0 saturated carbocycles. The van der Waals surface area contributed by atoms with Gasteiger partial charge in [0.15, 0.2) is 0 Å². The number of nitrogens with zero attached hydrogens (tertiary/aromatic N) is 2. The van der Waals surface area contributed by atoms with E-state index in [0.717, 1.165) is 0 Å². The van der Waals surface area contributed by atoms with E-state index in [1.54, 1.807) is 0 Å². The third-order valence-electron chi connectivity index (χ3n) is 1.95. The second-order valence-corrected chi connectivity index (χ2v) is 2.78. The lowest BCUT2D eigenvalue weighted by molar-refractivity contribution is -0.164. The summed E-state index contributed by atoms with van der Waals surface area (Å²) in [5.41, 5.74) is 4.96. The Morgan fingerprint density at radius 1 is 1.77 bits per heavy atom. The summed E-state index contributed by atoms with van der Waals surface area (Å²) in [6.07, 6.45) is -1.49. The number of carbonyl (C=O) groups excluding carboxylic acids is 1. The molecule has 0 aromatic rings. The zero-order chi connectivity index (χ0) is 10.1. The molecular weight excluding hydrogens is 180 g/mol. The Kier molecular flexibility index (Phi) is 2.48. The van der Waals surface area contributed by atoms with E-state index in [9.17, 15) is 13.6 Å². The number of alkyl halides is 2. The van der Waals surface area contributed by atoms with Crippen LogP contribution in [0.3, 0.4) is 0 Å². The van der Waals surface area contributed by atoms with Crippen molar-refractivity contribution in [1.82, 2.24) is 4.90 Å². The Hall–Kier alpha value is -1.22. The zero-order valence-corrected chi connectivity index (χ0v) is 6.83. The molecule has 0 bridgehead atoms. The van der Waals surface area contributed by atoms with Gasteiger partial charge in [-0.2, -0.15) is 8.78 Å². The van der Waals surface area contributed by atoms with E-state index in [4.69, 9.17) is 12.3 Å². The van der Waals surface area contributed by atoms with Gasteiger partial charge in [0.1, 0.15) is 0 Å². The Balaban J connectivity index is 2.88. The van der Waals surface area contributed by atoms with Crippen molar-refractivity contribution in [2.45, 2.75) is 25.1 Å². The largest absolute Gasteiger partial charge is 0.333 e. The fourth-order valence-electron chi connectivity index (χ4n) is 1.34. The molecule has 13 heavy (non-hydrogen) atoms. The predicted molar refractivity (Wildman–Crippen MR) is 40.5 cm³/mol. The van der Waals surface area contributed by atoms with Gasteiger partial charge in [0.05, 0.1) is 13.0 Å². The third-order valence-corrected chi connectivity index (χ3v) is 1.95. The summed E-state index contributed by atoms with van der Waals surface area (Å²) in [7, 11) is 0. The molecule has 0 aromatic carbocycles. The van der Waals surface area contributed by atoms with Crippen LogP contribution in [-0.4, -0.2) is 29.6 Å². The summed E-state index contributed by atoms with van der Waals surface area (Å²) in [6, 6.07) is -3.20. The molecule has 2 N–H and O–H groups in total. The first-order valence-corrected chi connectivity index (χ1v) is 3.79. The number of carbonyl (C=O) groups is 1. The fraction of sp³-hybridized carbons (Fsp3) is 0.714. The van der Waals surface area contributed by atoms with Crippen LogP contribution in [0.15, 0.2) is 0 Å². The Morgan fingerprint density at radius 2 is 2.38 bits per heavy atom. The van der Waals surface area contributed by atoms with Crippen LogP contribution in [0.25, 0.3) is 4.85 Å². The highest BCUT2D eigenvalue weighted by Gasteiger charge is 2.53. The molecule has 6 heteroatoms. The van der Waals surface area contributed by atoms with Crippen molar-refractivity contribution in [2.24, 2.45) is 5.73 Å². The lowest BCUT2D eigenvalue weighted by Gasteiger charge is -2.22. The molecule has 0 radical (unpaired) electrons. The van der Waals surface area contributed by atoms with Gasteiger partial charge in [0.2, 0.25) is 5.91 Å². The Morgan fingerprint density at radius 3 is 2.85 bits per heavy atom. The minimum Gasteiger partial charge on any atom is -0.322 e. The van der Waals surface area contributed by atoms with Crippen LogP contribution in [0, 0.1) is 6.57 Å². The van der Waals surface area contributed by atoms with E-state index in [0.29, 0.717) is 4.90 Å². The maximum absolute atomic E-state index is 13.0. The topological polar surface area (TPSA) is 50.7 Å². The van der Waals surface area contributed by atoms with Crippen LogP contribution in [0.4, 0.5) is 8.78 Å². The van der Waals surface area contributed by atoms with E-state index in [2.05, 4.69) is 4.85 Å². The van der Waals surface area contributed by atoms with Crippen LogP contribution in [0.2, 0.25) is 0 Å². The summed E-state index contributed by atoms with van der Waals surface area (Å²) in [4.78, 5) is 14.2. The number of rotatable bonds is 1. The second-order valence-electron chi connectivity index (χ2n) is 2.78. The van der Waals surface area contributed by atoms with Crippen molar-refractivity contribution in [3.05, 3.63) is 11.4 Å². The van der Waals surface area contributed by atoms with Crippen LogP contribution in [0.1, 0.15) is 12.8 Å². The van der Waals surface area contributed by atoms with Gasteiger partial charge < -0.3 is 5.73 Å². The minimum absolute atomic E-state index is 0.0161. The van der Waals surface area contributed by atoms with Crippen molar-refractivity contribution in [3.8, 4) is 0 Å². The van der Waals surface area contributed by atoms with Crippen molar-refractivity contribution in [2.75, 3.05) is 6.54 Å². The third kappa shape index (κ3) is 1.60. The first-order chi connectivity index (χ1) is 6.03. The highest BCUT2D eigenvalue weighted by Crippen LogP contribution is 2.36. The van der Waals surface area contributed by atoms with Crippen molar-refractivity contribution in [3.63, 3.8) is 0 Å². The average molecular weight is 189 g/mol. The summed E-state index contributed by atoms with van der Waals surface area (Å²) >= 11 is 0. The number of likely N-dealkylation sites (tertiary alicyclic amines) is 1. The maximum atomic E-state index is 13.0. The number of halogens is 2. The number of nitrogens with two attached hydrogens (primary N) is 1. The average Bonchev–Trinajstić information content (AvgIpc) is 2.39. The first-order valence-electron chi connectivity index (χ1n) is 3.79. The van der Waals surface area contributed by atoms with E-state index in [1.165, 1.54) is 0 Å². The highest BCUT2D eigenvalue weighted by molar-refractivity contribution is 5.79. The highest BCUT2D eigenvalue weighted by atomic mass is 19.3. The number of hydrogen-bond donors (Lipinski definition) is 1. The fourth-order valence-corrected chi connectivity index (χ4v) is 1.34. The van der Waals surface area contributed by atoms with Crippen LogP contribution in [-0.2, 0) is 4.79 Å². The van der Waals surface area contributed by atoms with Gasteiger partial charge in [-0.05, 0) is 0 Å². The molecule has 1 amide bonds.